The molecule has 0 radical (unpaired) electrons. The standard InChI is InChI=1S/C11H23NO2/c1-6-12(7-2)9(8-10(13)14)11(3,4)5/h9H,6-8H2,1-5H3,(H,13,14). The summed E-state index contributed by atoms with van der Waals surface area (Å²) in [4.78, 5) is 13.0. The molecule has 0 fully saturated rings. The third-order valence-corrected chi connectivity index (χ3v) is 2.62. The van der Waals surface area contributed by atoms with Crippen molar-refractivity contribution in [3.63, 3.8) is 0 Å². The molecule has 84 valence electrons. The van der Waals surface area contributed by atoms with Gasteiger partial charge in [0.05, 0.1) is 6.42 Å². The second-order valence-electron chi connectivity index (χ2n) is 4.70. The Balaban J connectivity index is 4.61. The van der Waals surface area contributed by atoms with Crippen LogP contribution in [0, 0.1) is 5.41 Å². The van der Waals surface area contributed by atoms with Crippen molar-refractivity contribution in [2.45, 2.75) is 47.1 Å². The predicted molar refractivity (Wildman–Crippen MR) is 58.4 cm³/mol. The summed E-state index contributed by atoms with van der Waals surface area (Å²) in [6.45, 7) is 12.3. The molecule has 0 heterocycles. The number of carboxylic acid groups (broad SMARTS) is 1. The first kappa shape index (κ1) is 13.4. The molecule has 0 bridgehead atoms. The zero-order chi connectivity index (χ0) is 11.4. The van der Waals surface area contributed by atoms with Crippen molar-refractivity contribution in [1.29, 1.82) is 0 Å². The third-order valence-electron chi connectivity index (χ3n) is 2.62. The quantitative estimate of drug-likeness (QED) is 0.741. The van der Waals surface area contributed by atoms with E-state index in [1.165, 1.54) is 0 Å². The fraction of sp³-hybridized carbons (Fsp3) is 0.909. The average molecular weight is 201 g/mol. The summed E-state index contributed by atoms with van der Waals surface area (Å²) in [5, 5.41) is 8.86. The van der Waals surface area contributed by atoms with Gasteiger partial charge in [0.1, 0.15) is 0 Å². The fourth-order valence-electron chi connectivity index (χ4n) is 1.81. The molecule has 0 spiro atoms. The van der Waals surface area contributed by atoms with Crippen molar-refractivity contribution < 1.29 is 9.90 Å². The van der Waals surface area contributed by atoms with Crippen molar-refractivity contribution in [2.75, 3.05) is 13.1 Å². The zero-order valence-corrected chi connectivity index (χ0v) is 10.0. The molecule has 0 amide bonds. The molecule has 0 aliphatic rings. The lowest BCUT2D eigenvalue weighted by Gasteiger charge is -2.38. The highest BCUT2D eigenvalue weighted by molar-refractivity contribution is 5.67. The van der Waals surface area contributed by atoms with E-state index in [0.29, 0.717) is 0 Å². The summed E-state index contributed by atoms with van der Waals surface area (Å²) < 4.78 is 0. The van der Waals surface area contributed by atoms with Crippen LogP contribution in [0.5, 0.6) is 0 Å². The molecule has 14 heavy (non-hydrogen) atoms. The number of hydrogen-bond donors (Lipinski definition) is 1. The number of carboxylic acids is 1. The van der Waals surface area contributed by atoms with Crippen LogP contribution >= 0.6 is 0 Å². The van der Waals surface area contributed by atoms with Crippen molar-refractivity contribution >= 4 is 5.97 Å². The Morgan fingerprint density at radius 2 is 1.71 bits per heavy atom. The maximum Gasteiger partial charge on any atom is 0.304 e. The van der Waals surface area contributed by atoms with Crippen LogP contribution in [-0.4, -0.2) is 35.1 Å². The first-order chi connectivity index (χ1) is 6.32. The molecule has 0 aromatic heterocycles. The van der Waals surface area contributed by atoms with Gasteiger partial charge in [0.2, 0.25) is 0 Å². The van der Waals surface area contributed by atoms with Gasteiger partial charge in [0.25, 0.3) is 0 Å². The van der Waals surface area contributed by atoms with Crippen molar-refractivity contribution in [3.8, 4) is 0 Å². The predicted octanol–water partition coefficient (Wildman–Crippen LogP) is 2.22. The summed E-state index contributed by atoms with van der Waals surface area (Å²) in [7, 11) is 0. The van der Waals surface area contributed by atoms with E-state index < -0.39 is 5.97 Å². The molecule has 0 aliphatic carbocycles. The summed E-state index contributed by atoms with van der Waals surface area (Å²) >= 11 is 0. The highest BCUT2D eigenvalue weighted by atomic mass is 16.4. The molecule has 3 nitrogen and oxygen atoms in total. The van der Waals surface area contributed by atoms with Crippen molar-refractivity contribution in [3.05, 3.63) is 0 Å². The maximum atomic E-state index is 10.8. The van der Waals surface area contributed by atoms with Gasteiger partial charge in [-0.3, -0.25) is 9.69 Å². The van der Waals surface area contributed by atoms with Crippen LogP contribution in [0.2, 0.25) is 0 Å². The fourth-order valence-corrected chi connectivity index (χ4v) is 1.81. The minimum absolute atomic E-state index is 0.0183. The van der Waals surface area contributed by atoms with Gasteiger partial charge in [0, 0.05) is 6.04 Å². The van der Waals surface area contributed by atoms with Gasteiger partial charge in [-0.15, -0.1) is 0 Å². The Morgan fingerprint density at radius 1 is 1.29 bits per heavy atom. The molecular formula is C11H23NO2. The van der Waals surface area contributed by atoms with E-state index in [4.69, 9.17) is 5.11 Å². The largest absolute Gasteiger partial charge is 0.481 e. The minimum atomic E-state index is -0.711. The maximum absolute atomic E-state index is 10.8. The van der Waals surface area contributed by atoms with E-state index in [1.807, 2.05) is 0 Å². The summed E-state index contributed by atoms with van der Waals surface area (Å²) in [5.41, 5.74) is 0.0183. The smallest absolute Gasteiger partial charge is 0.304 e. The molecule has 3 heteroatoms. The van der Waals surface area contributed by atoms with Crippen LogP contribution in [0.4, 0.5) is 0 Å². The summed E-state index contributed by atoms with van der Waals surface area (Å²) in [6.07, 6.45) is 0.227. The first-order valence-corrected chi connectivity index (χ1v) is 5.28. The Hall–Kier alpha value is -0.570. The molecule has 0 rings (SSSR count). The number of hydrogen-bond acceptors (Lipinski definition) is 2. The van der Waals surface area contributed by atoms with E-state index in [1.54, 1.807) is 0 Å². The Morgan fingerprint density at radius 3 is 1.93 bits per heavy atom. The monoisotopic (exact) mass is 201 g/mol. The van der Waals surface area contributed by atoms with Crippen LogP contribution in [0.15, 0.2) is 0 Å². The van der Waals surface area contributed by atoms with Crippen LogP contribution < -0.4 is 0 Å². The molecule has 1 N–H and O–H groups in total. The van der Waals surface area contributed by atoms with Crippen LogP contribution in [0.1, 0.15) is 41.0 Å². The average Bonchev–Trinajstić information content (AvgIpc) is 2.02. The number of carbonyl (C=O) groups is 1. The van der Waals surface area contributed by atoms with Crippen molar-refractivity contribution in [2.24, 2.45) is 5.41 Å². The number of rotatable bonds is 5. The second kappa shape index (κ2) is 5.35. The van der Waals surface area contributed by atoms with Crippen molar-refractivity contribution in [1.82, 2.24) is 4.90 Å². The molecule has 1 atom stereocenters. The van der Waals surface area contributed by atoms with E-state index in [9.17, 15) is 4.79 Å². The summed E-state index contributed by atoms with van der Waals surface area (Å²) in [6, 6.07) is 0.120. The highest BCUT2D eigenvalue weighted by Gasteiger charge is 2.30. The normalized spacial score (nSPS) is 14.4. The van der Waals surface area contributed by atoms with Gasteiger partial charge in [0.15, 0.2) is 0 Å². The van der Waals surface area contributed by atoms with Gasteiger partial charge < -0.3 is 5.11 Å². The van der Waals surface area contributed by atoms with E-state index >= 15 is 0 Å². The highest BCUT2D eigenvalue weighted by Crippen LogP contribution is 2.26. The topological polar surface area (TPSA) is 40.5 Å². The minimum Gasteiger partial charge on any atom is -0.481 e. The van der Waals surface area contributed by atoms with E-state index in [-0.39, 0.29) is 17.9 Å². The Kier molecular flexibility index (Phi) is 5.13. The lowest BCUT2D eigenvalue weighted by atomic mass is 9.83. The van der Waals surface area contributed by atoms with Crippen LogP contribution in [-0.2, 0) is 4.79 Å². The van der Waals surface area contributed by atoms with Crippen LogP contribution in [0.25, 0.3) is 0 Å². The molecular weight excluding hydrogens is 178 g/mol. The van der Waals surface area contributed by atoms with Gasteiger partial charge in [-0.25, -0.2) is 0 Å². The second-order valence-corrected chi connectivity index (χ2v) is 4.70. The van der Waals surface area contributed by atoms with Crippen LogP contribution in [0.3, 0.4) is 0 Å². The molecule has 0 saturated carbocycles. The third kappa shape index (κ3) is 4.09. The van der Waals surface area contributed by atoms with Gasteiger partial charge in [-0.05, 0) is 18.5 Å². The number of nitrogens with zero attached hydrogens (tertiary/aromatic N) is 1. The zero-order valence-electron chi connectivity index (χ0n) is 10.0. The lowest BCUT2D eigenvalue weighted by molar-refractivity contribution is -0.139. The van der Waals surface area contributed by atoms with E-state index in [2.05, 4.69) is 39.5 Å². The first-order valence-electron chi connectivity index (χ1n) is 5.28. The number of aliphatic carboxylic acids is 1. The van der Waals surface area contributed by atoms with Gasteiger partial charge in [-0.1, -0.05) is 34.6 Å². The van der Waals surface area contributed by atoms with Gasteiger partial charge in [-0.2, -0.15) is 0 Å². The Bertz CT molecular complexity index is 180. The molecule has 0 aliphatic heterocycles. The van der Waals surface area contributed by atoms with Gasteiger partial charge >= 0.3 is 5.97 Å². The molecule has 1 unspecified atom stereocenters. The van der Waals surface area contributed by atoms with E-state index in [0.717, 1.165) is 13.1 Å². The molecule has 0 aromatic rings. The lowest BCUT2D eigenvalue weighted by Crippen LogP contribution is -2.45. The Labute approximate surface area is 87.1 Å². The summed E-state index contributed by atoms with van der Waals surface area (Å²) in [5.74, 6) is -0.711. The molecule has 0 aromatic carbocycles. The molecule has 0 saturated heterocycles. The SMILES string of the molecule is CCN(CC)C(CC(=O)O)C(C)(C)C.